The van der Waals surface area contributed by atoms with Crippen LogP contribution in [0.1, 0.15) is 56.5 Å². The molecule has 0 aliphatic carbocycles. The number of nitrogens with one attached hydrogen (secondary N) is 2. The fraction of sp³-hybridized carbons (Fsp3) is 0.667. The van der Waals surface area contributed by atoms with Crippen LogP contribution in [0.4, 0.5) is 0 Å². The maximum absolute atomic E-state index is 11.9. The molecular weight excluding hydrogens is 248 g/mol. The second-order valence-corrected chi connectivity index (χ2v) is 5.19. The number of hydrogen-bond acceptors (Lipinski definition) is 4. The lowest BCUT2D eigenvalue weighted by Gasteiger charge is -2.15. The summed E-state index contributed by atoms with van der Waals surface area (Å²) in [4.78, 5) is 26.9. The van der Waals surface area contributed by atoms with Gasteiger partial charge in [0, 0.05) is 5.92 Å². The number of aliphatic carboxylic acids is 1. The number of aromatic nitrogens is 3. The Hall–Kier alpha value is -1.92. The summed E-state index contributed by atoms with van der Waals surface area (Å²) in [6, 6.07) is -0.923. The SMILES string of the molecule is CC(C)C[C@H](NC(=O)c1n[nH]c(C(C)C)n1)C(=O)O. The van der Waals surface area contributed by atoms with Crippen molar-refractivity contribution < 1.29 is 14.7 Å². The summed E-state index contributed by atoms with van der Waals surface area (Å²) < 4.78 is 0. The van der Waals surface area contributed by atoms with E-state index in [9.17, 15) is 9.59 Å². The van der Waals surface area contributed by atoms with Crippen molar-refractivity contribution in [3.63, 3.8) is 0 Å². The van der Waals surface area contributed by atoms with Gasteiger partial charge in [0.15, 0.2) is 0 Å². The van der Waals surface area contributed by atoms with Crippen LogP contribution in [-0.2, 0) is 4.79 Å². The highest BCUT2D eigenvalue weighted by Crippen LogP contribution is 2.09. The first kappa shape index (κ1) is 15.1. The second-order valence-electron chi connectivity index (χ2n) is 5.19. The Balaban J connectivity index is 2.73. The zero-order valence-electron chi connectivity index (χ0n) is 11.6. The van der Waals surface area contributed by atoms with Gasteiger partial charge in [-0.1, -0.05) is 27.7 Å². The molecule has 0 saturated carbocycles. The fourth-order valence-corrected chi connectivity index (χ4v) is 1.55. The molecule has 0 aliphatic heterocycles. The number of carbonyl (C=O) groups excluding carboxylic acids is 1. The number of hydrogen-bond donors (Lipinski definition) is 3. The summed E-state index contributed by atoms with van der Waals surface area (Å²) in [6.07, 6.45) is 0.364. The quantitative estimate of drug-likeness (QED) is 0.717. The molecule has 7 nitrogen and oxygen atoms in total. The third-order valence-electron chi connectivity index (χ3n) is 2.56. The molecule has 1 heterocycles. The molecular formula is C12H20N4O3. The van der Waals surface area contributed by atoms with Gasteiger partial charge in [-0.25, -0.2) is 9.78 Å². The average molecular weight is 268 g/mol. The first-order valence-electron chi connectivity index (χ1n) is 6.27. The Morgan fingerprint density at radius 3 is 2.37 bits per heavy atom. The van der Waals surface area contributed by atoms with Crippen LogP contribution in [0.25, 0.3) is 0 Å². The van der Waals surface area contributed by atoms with Crippen molar-refractivity contribution in [2.75, 3.05) is 0 Å². The van der Waals surface area contributed by atoms with Crippen LogP contribution in [-0.4, -0.2) is 38.2 Å². The van der Waals surface area contributed by atoms with E-state index in [0.717, 1.165) is 0 Å². The molecule has 1 atom stereocenters. The van der Waals surface area contributed by atoms with Crippen LogP contribution in [0.3, 0.4) is 0 Å². The van der Waals surface area contributed by atoms with Gasteiger partial charge in [-0.05, 0) is 12.3 Å². The average Bonchev–Trinajstić information content (AvgIpc) is 2.76. The number of carboxylic acid groups (broad SMARTS) is 1. The minimum atomic E-state index is -1.05. The van der Waals surface area contributed by atoms with Crippen LogP contribution >= 0.6 is 0 Å². The molecule has 7 heteroatoms. The maximum atomic E-state index is 11.9. The lowest BCUT2D eigenvalue weighted by molar-refractivity contribution is -0.139. The third-order valence-corrected chi connectivity index (χ3v) is 2.56. The summed E-state index contributed by atoms with van der Waals surface area (Å²) in [5, 5.41) is 17.9. The van der Waals surface area contributed by atoms with E-state index in [0.29, 0.717) is 12.2 Å². The summed E-state index contributed by atoms with van der Waals surface area (Å²) in [6.45, 7) is 7.62. The van der Waals surface area contributed by atoms with Gasteiger partial charge in [0.25, 0.3) is 5.91 Å². The smallest absolute Gasteiger partial charge is 0.326 e. The summed E-state index contributed by atoms with van der Waals surface area (Å²) >= 11 is 0. The van der Waals surface area contributed by atoms with E-state index in [1.54, 1.807) is 0 Å². The van der Waals surface area contributed by atoms with Crippen molar-refractivity contribution in [2.45, 2.75) is 46.1 Å². The molecule has 1 rings (SSSR count). The normalized spacial score (nSPS) is 12.7. The van der Waals surface area contributed by atoms with E-state index in [4.69, 9.17) is 5.11 Å². The molecule has 0 aliphatic rings. The molecule has 106 valence electrons. The van der Waals surface area contributed by atoms with E-state index in [1.165, 1.54) is 0 Å². The minimum Gasteiger partial charge on any atom is -0.480 e. The van der Waals surface area contributed by atoms with Gasteiger partial charge in [0.05, 0.1) is 0 Å². The first-order valence-corrected chi connectivity index (χ1v) is 6.27. The topological polar surface area (TPSA) is 108 Å². The van der Waals surface area contributed by atoms with Crippen LogP contribution in [0.5, 0.6) is 0 Å². The highest BCUT2D eigenvalue weighted by Gasteiger charge is 2.23. The second kappa shape index (κ2) is 6.31. The van der Waals surface area contributed by atoms with Gasteiger partial charge < -0.3 is 10.4 Å². The van der Waals surface area contributed by atoms with E-state index in [-0.39, 0.29) is 17.7 Å². The van der Waals surface area contributed by atoms with Crippen molar-refractivity contribution in [2.24, 2.45) is 5.92 Å². The Bertz CT molecular complexity index is 454. The molecule has 1 aromatic rings. The van der Waals surface area contributed by atoms with Crippen molar-refractivity contribution >= 4 is 11.9 Å². The van der Waals surface area contributed by atoms with Crippen molar-refractivity contribution in [3.8, 4) is 0 Å². The van der Waals surface area contributed by atoms with Gasteiger partial charge in [-0.15, -0.1) is 5.10 Å². The predicted octanol–water partition coefficient (Wildman–Crippen LogP) is 1.16. The van der Waals surface area contributed by atoms with Gasteiger partial charge in [-0.3, -0.25) is 9.89 Å². The number of nitrogens with zero attached hydrogens (tertiary/aromatic N) is 2. The van der Waals surface area contributed by atoms with Gasteiger partial charge in [0.1, 0.15) is 11.9 Å². The first-order chi connectivity index (χ1) is 8.81. The highest BCUT2D eigenvalue weighted by molar-refractivity contribution is 5.93. The molecule has 0 saturated heterocycles. The van der Waals surface area contributed by atoms with Crippen LogP contribution in [0.15, 0.2) is 0 Å². The molecule has 0 bridgehead atoms. The largest absolute Gasteiger partial charge is 0.480 e. The zero-order chi connectivity index (χ0) is 14.6. The summed E-state index contributed by atoms with van der Waals surface area (Å²) in [5.41, 5.74) is 0. The Morgan fingerprint density at radius 2 is 1.95 bits per heavy atom. The van der Waals surface area contributed by atoms with Crippen molar-refractivity contribution in [1.29, 1.82) is 0 Å². The van der Waals surface area contributed by atoms with Crippen LogP contribution in [0, 0.1) is 5.92 Å². The lowest BCUT2D eigenvalue weighted by Crippen LogP contribution is -2.42. The maximum Gasteiger partial charge on any atom is 0.326 e. The van der Waals surface area contributed by atoms with Crippen molar-refractivity contribution in [1.82, 2.24) is 20.5 Å². The molecule has 0 spiro atoms. The zero-order valence-corrected chi connectivity index (χ0v) is 11.6. The molecule has 0 fully saturated rings. The van der Waals surface area contributed by atoms with Gasteiger partial charge in [0.2, 0.25) is 5.82 Å². The lowest BCUT2D eigenvalue weighted by atomic mass is 10.0. The third kappa shape index (κ3) is 4.35. The molecule has 1 aromatic heterocycles. The summed E-state index contributed by atoms with van der Waals surface area (Å²) in [5.74, 6) is -0.766. The van der Waals surface area contributed by atoms with Crippen LogP contribution in [0.2, 0.25) is 0 Å². The monoisotopic (exact) mass is 268 g/mol. The van der Waals surface area contributed by atoms with E-state index in [2.05, 4.69) is 20.5 Å². The predicted molar refractivity (Wildman–Crippen MR) is 68.8 cm³/mol. The standard InChI is InChI=1S/C12H20N4O3/c1-6(2)5-8(12(18)19)13-11(17)10-14-9(7(3)4)15-16-10/h6-8H,5H2,1-4H3,(H,13,17)(H,18,19)(H,14,15,16)/t8-/m0/s1. The van der Waals surface area contributed by atoms with Gasteiger partial charge in [-0.2, -0.15) is 0 Å². The number of rotatable bonds is 6. The molecule has 1 amide bonds. The number of amides is 1. The Morgan fingerprint density at radius 1 is 1.32 bits per heavy atom. The highest BCUT2D eigenvalue weighted by atomic mass is 16.4. The number of aromatic amines is 1. The van der Waals surface area contributed by atoms with Crippen molar-refractivity contribution in [3.05, 3.63) is 11.6 Å². The van der Waals surface area contributed by atoms with E-state index < -0.39 is 17.9 Å². The summed E-state index contributed by atoms with van der Waals surface area (Å²) in [7, 11) is 0. The number of carboxylic acids is 1. The number of H-pyrrole nitrogens is 1. The minimum absolute atomic E-state index is 0.0290. The van der Waals surface area contributed by atoms with Crippen LogP contribution < -0.4 is 5.32 Å². The molecule has 3 N–H and O–H groups in total. The molecule has 0 radical (unpaired) electrons. The number of carbonyl (C=O) groups is 2. The fourth-order valence-electron chi connectivity index (χ4n) is 1.55. The van der Waals surface area contributed by atoms with E-state index >= 15 is 0 Å². The Kier molecular flexibility index (Phi) is 5.02. The molecule has 0 unspecified atom stereocenters. The molecule has 0 aromatic carbocycles. The Labute approximate surface area is 111 Å². The molecule has 19 heavy (non-hydrogen) atoms. The van der Waals surface area contributed by atoms with Gasteiger partial charge >= 0.3 is 5.97 Å². The van der Waals surface area contributed by atoms with E-state index in [1.807, 2.05) is 27.7 Å².